The molecule has 0 N–H and O–H groups in total. The summed E-state index contributed by atoms with van der Waals surface area (Å²) in [5, 5.41) is 0. The van der Waals surface area contributed by atoms with Crippen LogP contribution < -0.4 is 0 Å². The van der Waals surface area contributed by atoms with Crippen LogP contribution in [0.15, 0.2) is 0 Å². The fourth-order valence-electron chi connectivity index (χ4n) is 3.64. The second-order valence-corrected chi connectivity index (χ2v) is 9.26. The molecule has 0 amide bonds. The van der Waals surface area contributed by atoms with Crippen LogP contribution in [0, 0.1) is 0 Å². The summed E-state index contributed by atoms with van der Waals surface area (Å²) >= 11 is 0. The lowest BCUT2D eigenvalue weighted by molar-refractivity contribution is -0.142. The van der Waals surface area contributed by atoms with Gasteiger partial charge < -0.3 is 33.8 Å². The summed E-state index contributed by atoms with van der Waals surface area (Å²) in [6.07, 6.45) is 2.93. The highest BCUT2D eigenvalue weighted by atomic mass is 16.5. The minimum atomic E-state index is -0.264. The van der Waals surface area contributed by atoms with Crippen molar-refractivity contribution in [2.24, 2.45) is 0 Å². The summed E-state index contributed by atoms with van der Waals surface area (Å²) in [7, 11) is 8.29. The largest absolute Gasteiger partial charge is 0.469 e. The number of Topliss-reactive ketones (excluding diaryl/α,β-unsaturated/α-hetero) is 1. The Morgan fingerprint density at radius 2 is 0.865 bits per heavy atom. The number of likely N-dealkylation sites (N-methyl/N-ethyl adjacent to an activating group) is 2. The Hall–Kier alpha value is -2.08. The molecule has 37 heavy (non-hydrogen) atoms. The quantitative estimate of drug-likeness (QED) is 0.139. The maximum absolute atomic E-state index is 11.7. The molecule has 0 unspecified atom stereocenters. The van der Waals surface area contributed by atoms with Crippen LogP contribution in [-0.4, -0.2) is 144 Å². The molecule has 11 nitrogen and oxygen atoms in total. The molecule has 0 spiro atoms. The summed E-state index contributed by atoms with van der Waals surface area (Å²) in [4.78, 5) is 55.1. The van der Waals surface area contributed by atoms with E-state index in [9.17, 15) is 19.2 Å². The summed E-state index contributed by atoms with van der Waals surface area (Å²) in [6, 6.07) is 0. The average Bonchev–Trinajstić information content (AvgIpc) is 2.90. The molecule has 0 saturated heterocycles. The van der Waals surface area contributed by atoms with Crippen molar-refractivity contribution in [1.29, 1.82) is 0 Å². The second kappa shape index (κ2) is 22.0. The maximum Gasteiger partial charge on any atom is 0.306 e. The molecule has 0 heterocycles. The maximum atomic E-state index is 11.7. The van der Waals surface area contributed by atoms with E-state index in [2.05, 4.69) is 33.7 Å². The van der Waals surface area contributed by atoms with Crippen LogP contribution in [0.5, 0.6) is 0 Å². The molecule has 0 aliphatic heterocycles. The summed E-state index contributed by atoms with van der Waals surface area (Å²) in [5.41, 5.74) is 0. The van der Waals surface area contributed by atoms with Crippen LogP contribution >= 0.6 is 0 Å². The third kappa shape index (κ3) is 19.7. The van der Waals surface area contributed by atoms with Gasteiger partial charge in [0.05, 0.1) is 40.6 Å². The van der Waals surface area contributed by atoms with Crippen LogP contribution in [0.2, 0.25) is 0 Å². The molecule has 0 aromatic carbocycles. The van der Waals surface area contributed by atoms with Crippen LogP contribution in [0.3, 0.4) is 0 Å². The first-order chi connectivity index (χ1) is 17.6. The molecule has 0 aromatic rings. The monoisotopic (exact) mass is 530 g/mol. The molecular formula is C26H50N4O7. The minimum Gasteiger partial charge on any atom is -0.469 e. The predicted octanol–water partition coefficient (Wildman–Crippen LogP) is 0.903. The molecule has 0 radical (unpaired) electrons. The van der Waals surface area contributed by atoms with Crippen molar-refractivity contribution < 1.29 is 33.4 Å². The Balaban J connectivity index is 4.42. The van der Waals surface area contributed by atoms with Crippen molar-refractivity contribution in [2.75, 3.05) is 101 Å². The fraction of sp³-hybridized carbons (Fsp3) is 0.846. The third-order valence-corrected chi connectivity index (χ3v) is 6.36. The normalized spacial score (nSPS) is 11.4. The first kappa shape index (κ1) is 34.9. The predicted molar refractivity (Wildman–Crippen MR) is 142 cm³/mol. The Kier molecular flexibility index (Phi) is 20.7. The Bertz CT molecular complexity index is 569. The van der Waals surface area contributed by atoms with Crippen molar-refractivity contribution in [2.45, 2.75) is 45.4 Å². The van der Waals surface area contributed by atoms with Gasteiger partial charge in [-0.2, -0.15) is 0 Å². The summed E-state index contributed by atoms with van der Waals surface area (Å²) < 4.78 is 14.2. The SMILES string of the molecule is CCC(=O)CCN(CCC(=O)OC)CCN(C)CCCN(C)CCN(CCC(=O)OC)CCC(=O)OC. The number of hydrogen-bond donors (Lipinski definition) is 0. The van der Waals surface area contributed by atoms with Gasteiger partial charge in [-0.3, -0.25) is 19.2 Å². The van der Waals surface area contributed by atoms with Gasteiger partial charge in [0, 0.05) is 65.2 Å². The van der Waals surface area contributed by atoms with E-state index in [-0.39, 0.29) is 36.5 Å². The van der Waals surface area contributed by atoms with Crippen molar-refractivity contribution in [3.8, 4) is 0 Å². The topological polar surface area (TPSA) is 109 Å². The lowest BCUT2D eigenvalue weighted by atomic mass is 10.2. The molecule has 11 heteroatoms. The number of hydrogen-bond acceptors (Lipinski definition) is 11. The molecule has 0 rings (SSSR count). The van der Waals surface area contributed by atoms with Gasteiger partial charge in [0.2, 0.25) is 0 Å². The smallest absolute Gasteiger partial charge is 0.306 e. The van der Waals surface area contributed by atoms with Gasteiger partial charge in [-0.1, -0.05) is 6.92 Å². The van der Waals surface area contributed by atoms with Crippen LogP contribution in [0.1, 0.15) is 45.4 Å². The van der Waals surface area contributed by atoms with Gasteiger partial charge in [-0.25, -0.2) is 0 Å². The zero-order chi connectivity index (χ0) is 28.1. The van der Waals surface area contributed by atoms with E-state index in [4.69, 9.17) is 14.2 Å². The molecule has 0 fully saturated rings. The summed E-state index contributed by atoms with van der Waals surface area (Å²) in [6.45, 7) is 9.23. The van der Waals surface area contributed by atoms with E-state index in [1.165, 1.54) is 21.3 Å². The molecule has 216 valence electrons. The van der Waals surface area contributed by atoms with E-state index in [0.29, 0.717) is 45.4 Å². The molecule has 0 aliphatic carbocycles. The van der Waals surface area contributed by atoms with Crippen molar-refractivity contribution >= 4 is 23.7 Å². The first-order valence-electron chi connectivity index (χ1n) is 13.2. The van der Waals surface area contributed by atoms with E-state index >= 15 is 0 Å². The number of ether oxygens (including phenoxy) is 3. The van der Waals surface area contributed by atoms with E-state index in [1.54, 1.807) is 0 Å². The third-order valence-electron chi connectivity index (χ3n) is 6.36. The highest BCUT2D eigenvalue weighted by Crippen LogP contribution is 2.02. The lowest BCUT2D eigenvalue weighted by Gasteiger charge is -2.27. The van der Waals surface area contributed by atoms with E-state index in [1.807, 2.05) is 6.92 Å². The van der Waals surface area contributed by atoms with Crippen LogP contribution in [-0.2, 0) is 33.4 Å². The average molecular weight is 531 g/mol. The van der Waals surface area contributed by atoms with Crippen molar-refractivity contribution in [1.82, 2.24) is 19.6 Å². The Labute approximate surface area is 223 Å². The molecule has 0 saturated carbocycles. The van der Waals surface area contributed by atoms with Crippen molar-refractivity contribution in [3.05, 3.63) is 0 Å². The fourth-order valence-corrected chi connectivity index (χ4v) is 3.64. The number of nitrogens with zero attached hydrogens (tertiary/aromatic N) is 4. The van der Waals surface area contributed by atoms with Gasteiger partial charge in [0.25, 0.3) is 0 Å². The molecule has 0 bridgehead atoms. The molecule has 0 aromatic heterocycles. The Morgan fingerprint density at radius 3 is 1.19 bits per heavy atom. The number of carbonyl (C=O) groups is 4. The zero-order valence-corrected chi connectivity index (χ0v) is 24.0. The number of ketones is 1. The molecular weight excluding hydrogens is 480 g/mol. The van der Waals surface area contributed by atoms with E-state index in [0.717, 1.165) is 45.7 Å². The van der Waals surface area contributed by atoms with Crippen molar-refractivity contribution in [3.63, 3.8) is 0 Å². The van der Waals surface area contributed by atoms with Crippen LogP contribution in [0.4, 0.5) is 0 Å². The second-order valence-electron chi connectivity index (χ2n) is 9.26. The Morgan fingerprint density at radius 1 is 0.514 bits per heavy atom. The number of carbonyl (C=O) groups excluding carboxylic acids is 4. The highest BCUT2D eigenvalue weighted by Gasteiger charge is 2.14. The van der Waals surface area contributed by atoms with Gasteiger partial charge in [0.15, 0.2) is 0 Å². The molecule has 0 aliphatic rings. The standard InChI is InChI=1S/C26H50N4O7/c1-7-23(31)9-15-29(16-10-24(32)35-4)21-19-27(2)13-8-14-28(3)20-22-30(17-11-25(33)36-5)18-12-26(34)37-6/h7-22H2,1-6H3. The van der Waals surface area contributed by atoms with Gasteiger partial charge in [0.1, 0.15) is 5.78 Å². The number of esters is 3. The highest BCUT2D eigenvalue weighted by molar-refractivity contribution is 5.78. The zero-order valence-electron chi connectivity index (χ0n) is 24.0. The molecule has 0 atom stereocenters. The van der Waals surface area contributed by atoms with Crippen LogP contribution in [0.25, 0.3) is 0 Å². The van der Waals surface area contributed by atoms with E-state index < -0.39 is 0 Å². The number of rotatable bonds is 23. The first-order valence-corrected chi connectivity index (χ1v) is 13.2. The number of methoxy groups -OCH3 is 3. The van der Waals surface area contributed by atoms with Gasteiger partial charge in [-0.05, 0) is 33.6 Å². The van der Waals surface area contributed by atoms with Gasteiger partial charge >= 0.3 is 17.9 Å². The summed E-state index contributed by atoms with van der Waals surface area (Å²) in [5.74, 6) is -0.536. The lowest BCUT2D eigenvalue weighted by Crippen LogP contribution is -2.38. The van der Waals surface area contributed by atoms with Gasteiger partial charge in [-0.15, -0.1) is 0 Å². The minimum absolute atomic E-state index is 0.230.